The molecule has 2 atom stereocenters. The van der Waals surface area contributed by atoms with Crippen molar-refractivity contribution in [1.29, 1.82) is 0 Å². The molecule has 0 radical (unpaired) electrons. The van der Waals surface area contributed by atoms with E-state index in [1.165, 1.54) is 57.4 Å². The topological polar surface area (TPSA) is 29.1 Å². The summed E-state index contributed by atoms with van der Waals surface area (Å²) in [5.41, 5.74) is 0.642. The van der Waals surface area contributed by atoms with Crippen molar-refractivity contribution in [3.8, 4) is 0 Å². The molecule has 0 aromatic heterocycles. The fourth-order valence-corrected chi connectivity index (χ4v) is 5.91. The number of unbranched alkanes of at least 4 members (excludes halogenated alkanes) is 1. The Hall–Kier alpha value is -0.790. The average molecular weight is 275 g/mol. The molecule has 1 N–H and O–H groups in total. The highest BCUT2D eigenvalue weighted by atomic mass is 16.1. The van der Waals surface area contributed by atoms with Crippen LogP contribution < -0.4 is 5.32 Å². The molecule has 2 nitrogen and oxygen atoms in total. The molecular formula is C18H29NO. The fraction of sp³-hybridized carbons (Fsp3) is 0.833. The van der Waals surface area contributed by atoms with Crippen LogP contribution in [0.15, 0.2) is 12.7 Å². The second kappa shape index (κ2) is 4.89. The summed E-state index contributed by atoms with van der Waals surface area (Å²) in [4.78, 5) is 12.0. The molecule has 2 unspecified atom stereocenters. The maximum atomic E-state index is 12.0. The second-order valence-corrected chi connectivity index (χ2v) is 7.99. The summed E-state index contributed by atoms with van der Waals surface area (Å²) in [5, 5.41) is 3.42. The average Bonchev–Trinajstić information content (AvgIpc) is 2.39. The van der Waals surface area contributed by atoms with E-state index in [1.807, 2.05) is 0 Å². The minimum absolute atomic E-state index is 0.0405. The Morgan fingerprint density at radius 2 is 1.95 bits per heavy atom. The molecule has 2 heteroatoms. The minimum Gasteiger partial charge on any atom is -0.347 e. The largest absolute Gasteiger partial charge is 0.347 e. The summed E-state index contributed by atoms with van der Waals surface area (Å²) < 4.78 is 0. The van der Waals surface area contributed by atoms with Crippen molar-refractivity contribution in [3.63, 3.8) is 0 Å². The molecule has 4 aliphatic rings. The van der Waals surface area contributed by atoms with Crippen LogP contribution in [0.1, 0.15) is 65.2 Å². The lowest BCUT2D eigenvalue weighted by molar-refractivity contribution is -0.138. The summed E-state index contributed by atoms with van der Waals surface area (Å²) in [7, 11) is 0. The van der Waals surface area contributed by atoms with Gasteiger partial charge in [-0.2, -0.15) is 0 Å². The maximum absolute atomic E-state index is 12.0. The van der Waals surface area contributed by atoms with Gasteiger partial charge < -0.3 is 5.32 Å². The zero-order chi connectivity index (χ0) is 14.4. The van der Waals surface area contributed by atoms with Crippen LogP contribution in [0.5, 0.6) is 0 Å². The van der Waals surface area contributed by atoms with Crippen molar-refractivity contribution in [1.82, 2.24) is 5.32 Å². The molecule has 0 heterocycles. The van der Waals surface area contributed by atoms with Gasteiger partial charge in [0.2, 0.25) is 5.91 Å². The van der Waals surface area contributed by atoms with Gasteiger partial charge in [0.25, 0.3) is 0 Å². The Balaban J connectivity index is 1.89. The molecule has 20 heavy (non-hydrogen) atoms. The first kappa shape index (κ1) is 14.2. The Bertz CT molecular complexity index is 398. The quantitative estimate of drug-likeness (QED) is 0.753. The molecule has 0 saturated heterocycles. The molecule has 0 aliphatic heterocycles. The van der Waals surface area contributed by atoms with Crippen LogP contribution in [0.4, 0.5) is 0 Å². The highest BCUT2D eigenvalue weighted by Crippen LogP contribution is 2.64. The number of carbonyl (C=O) groups is 1. The van der Waals surface area contributed by atoms with Gasteiger partial charge in [0.1, 0.15) is 0 Å². The molecule has 4 aliphatic carbocycles. The summed E-state index contributed by atoms with van der Waals surface area (Å²) in [5.74, 6) is 2.37. The number of carbonyl (C=O) groups excluding carboxylic acids is 1. The molecule has 112 valence electrons. The molecule has 0 aromatic rings. The molecule has 1 amide bonds. The lowest BCUT2D eigenvalue weighted by Crippen LogP contribution is -2.67. The zero-order valence-corrected chi connectivity index (χ0v) is 13.1. The molecule has 4 fully saturated rings. The van der Waals surface area contributed by atoms with Crippen LogP contribution in [0.3, 0.4) is 0 Å². The number of hydrogen-bond donors (Lipinski definition) is 1. The highest BCUT2D eigenvalue weighted by molar-refractivity contribution is 5.87. The van der Waals surface area contributed by atoms with Crippen LogP contribution >= 0.6 is 0 Å². The van der Waals surface area contributed by atoms with Crippen molar-refractivity contribution >= 4 is 5.91 Å². The van der Waals surface area contributed by atoms with E-state index < -0.39 is 0 Å². The number of rotatable bonds is 5. The van der Waals surface area contributed by atoms with Gasteiger partial charge in [-0.25, -0.2) is 0 Å². The Labute approximate surface area is 123 Å². The van der Waals surface area contributed by atoms with E-state index in [-0.39, 0.29) is 11.4 Å². The summed E-state index contributed by atoms with van der Waals surface area (Å²) >= 11 is 0. The predicted molar refractivity (Wildman–Crippen MR) is 82.3 cm³/mol. The monoisotopic (exact) mass is 275 g/mol. The third-order valence-electron chi connectivity index (χ3n) is 6.44. The predicted octanol–water partition coefficient (Wildman–Crippen LogP) is 4.06. The number of hydrogen-bond acceptors (Lipinski definition) is 1. The molecule has 4 saturated carbocycles. The van der Waals surface area contributed by atoms with E-state index in [9.17, 15) is 4.79 Å². The van der Waals surface area contributed by atoms with Gasteiger partial charge in [-0.15, -0.1) is 0 Å². The normalized spacial score (nSPS) is 45.4. The Kier molecular flexibility index (Phi) is 3.46. The van der Waals surface area contributed by atoms with Gasteiger partial charge in [-0.1, -0.05) is 33.3 Å². The van der Waals surface area contributed by atoms with Gasteiger partial charge in [0.05, 0.1) is 0 Å². The van der Waals surface area contributed by atoms with Crippen molar-refractivity contribution in [3.05, 3.63) is 12.7 Å². The maximum Gasteiger partial charge on any atom is 0.243 e. The molecule has 4 rings (SSSR count). The molecule has 0 spiro atoms. The molecule has 4 bridgehead atoms. The lowest BCUT2D eigenvalue weighted by atomic mass is 9.43. The summed E-state index contributed by atoms with van der Waals surface area (Å²) in [6.45, 7) is 8.39. The Morgan fingerprint density at radius 3 is 2.45 bits per heavy atom. The SMILES string of the molecule is C=CC(=O)NC1(CCCC)C2CC3CC1CC(C)(C3)C2. The van der Waals surface area contributed by atoms with Gasteiger partial charge in [0, 0.05) is 5.54 Å². The first-order valence-electron chi connectivity index (χ1n) is 8.46. The van der Waals surface area contributed by atoms with E-state index in [0.717, 1.165) is 5.92 Å². The smallest absolute Gasteiger partial charge is 0.243 e. The van der Waals surface area contributed by atoms with Gasteiger partial charge in [-0.3, -0.25) is 4.79 Å². The van der Waals surface area contributed by atoms with Crippen molar-refractivity contribution in [2.24, 2.45) is 23.2 Å². The highest BCUT2D eigenvalue weighted by Gasteiger charge is 2.60. The first-order chi connectivity index (χ1) is 9.51. The molecule has 0 aromatic carbocycles. The van der Waals surface area contributed by atoms with Gasteiger partial charge >= 0.3 is 0 Å². The van der Waals surface area contributed by atoms with Crippen molar-refractivity contribution < 1.29 is 4.79 Å². The first-order valence-corrected chi connectivity index (χ1v) is 8.46. The third kappa shape index (κ3) is 2.12. The van der Waals surface area contributed by atoms with E-state index >= 15 is 0 Å². The fourth-order valence-electron chi connectivity index (χ4n) is 5.91. The van der Waals surface area contributed by atoms with E-state index in [2.05, 4.69) is 25.7 Å². The van der Waals surface area contributed by atoms with Crippen LogP contribution in [0, 0.1) is 23.2 Å². The second-order valence-electron chi connectivity index (χ2n) is 7.99. The van der Waals surface area contributed by atoms with Crippen LogP contribution in [0.2, 0.25) is 0 Å². The standard InChI is InChI=1S/C18H29NO/c1-4-6-7-18(19-16(20)5-2)14-8-13-9-15(18)12-17(3,10-13)11-14/h5,13-15H,2,4,6-12H2,1,3H3,(H,19,20). The van der Waals surface area contributed by atoms with Crippen LogP contribution in [0.25, 0.3) is 0 Å². The summed E-state index contributed by atoms with van der Waals surface area (Å²) in [6.07, 6.45) is 11.8. The lowest BCUT2D eigenvalue weighted by Gasteiger charge is -2.65. The number of nitrogens with one attached hydrogen (secondary N) is 1. The minimum atomic E-state index is 0.0405. The van der Waals surface area contributed by atoms with Gasteiger partial charge in [-0.05, 0) is 67.8 Å². The van der Waals surface area contributed by atoms with Crippen molar-refractivity contribution in [2.75, 3.05) is 0 Å². The zero-order valence-electron chi connectivity index (χ0n) is 13.1. The van der Waals surface area contributed by atoms with E-state index in [1.54, 1.807) is 0 Å². The van der Waals surface area contributed by atoms with E-state index in [4.69, 9.17) is 0 Å². The van der Waals surface area contributed by atoms with Crippen LogP contribution in [-0.4, -0.2) is 11.4 Å². The number of amides is 1. The van der Waals surface area contributed by atoms with Crippen LogP contribution in [-0.2, 0) is 4.79 Å². The van der Waals surface area contributed by atoms with Gasteiger partial charge in [0.15, 0.2) is 0 Å². The van der Waals surface area contributed by atoms with Crippen molar-refractivity contribution in [2.45, 2.75) is 70.8 Å². The third-order valence-corrected chi connectivity index (χ3v) is 6.44. The summed E-state index contributed by atoms with van der Waals surface area (Å²) in [6, 6.07) is 0. The van der Waals surface area contributed by atoms with E-state index in [0.29, 0.717) is 17.3 Å². The molecular weight excluding hydrogens is 246 g/mol. The Morgan fingerprint density at radius 1 is 1.30 bits per heavy atom.